The quantitative estimate of drug-likeness (QED) is 0.815. The van der Waals surface area contributed by atoms with E-state index in [2.05, 4.69) is 10.3 Å². The molecule has 102 valence electrons. The second-order valence-electron chi connectivity index (χ2n) is 4.69. The minimum absolute atomic E-state index is 0.0287. The van der Waals surface area contributed by atoms with Gasteiger partial charge in [0.2, 0.25) is 5.91 Å². The van der Waals surface area contributed by atoms with Crippen LogP contribution >= 0.6 is 0 Å². The maximum Gasteiger partial charge on any atom is 0.253 e. The number of aromatic nitrogens is 1. The van der Waals surface area contributed by atoms with Gasteiger partial charge in [0.25, 0.3) is 5.91 Å². The molecule has 6 heteroatoms. The zero-order valence-corrected chi connectivity index (χ0v) is 10.8. The van der Waals surface area contributed by atoms with Gasteiger partial charge in [-0.05, 0) is 18.9 Å². The number of carbonyl (C=O) groups excluding carboxylic acids is 2. The van der Waals surface area contributed by atoms with Crippen molar-refractivity contribution in [3.63, 3.8) is 0 Å². The van der Waals surface area contributed by atoms with E-state index in [0.29, 0.717) is 18.7 Å². The number of nitrogens with zero attached hydrogens (tertiary/aromatic N) is 2. The number of aromatic hydroxyl groups is 1. The fraction of sp³-hybridized carbons (Fsp3) is 0.462. The molecule has 2 rings (SSSR count). The van der Waals surface area contributed by atoms with E-state index in [1.807, 2.05) is 0 Å². The Morgan fingerprint density at radius 1 is 1.37 bits per heavy atom. The van der Waals surface area contributed by atoms with Crippen molar-refractivity contribution in [1.82, 2.24) is 15.2 Å². The number of hydrogen-bond donors (Lipinski definition) is 2. The first-order chi connectivity index (χ1) is 9.06. The lowest BCUT2D eigenvalue weighted by Crippen LogP contribution is -2.46. The molecule has 1 fully saturated rings. The Kier molecular flexibility index (Phi) is 3.99. The maximum absolute atomic E-state index is 11.9. The molecule has 0 bridgehead atoms. The van der Waals surface area contributed by atoms with Crippen LogP contribution in [0.2, 0.25) is 0 Å². The summed E-state index contributed by atoms with van der Waals surface area (Å²) >= 11 is 0. The average molecular weight is 263 g/mol. The Balaban J connectivity index is 1.89. The van der Waals surface area contributed by atoms with Crippen LogP contribution in [0.25, 0.3) is 0 Å². The minimum Gasteiger partial charge on any atom is -0.506 e. The molecular formula is C13H17N3O3. The van der Waals surface area contributed by atoms with Crippen LogP contribution in [0, 0.1) is 0 Å². The molecule has 1 saturated heterocycles. The summed E-state index contributed by atoms with van der Waals surface area (Å²) in [5, 5.41) is 12.2. The zero-order valence-electron chi connectivity index (χ0n) is 10.8. The third kappa shape index (κ3) is 3.43. The van der Waals surface area contributed by atoms with Gasteiger partial charge in [0.15, 0.2) is 0 Å². The highest BCUT2D eigenvalue weighted by molar-refractivity contribution is 5.94. The van der Waals surface area contributed by atoms with Crippen LogP contribution in [0.1, 0.15) is 30.1 Å². The van der Waals surface area contributed by atoms with Gasteiger partial charge >= 0.3 is 0 Å². The molecule has 1 aliphatic heterocycles. The van der Waals surface area contributed by atoms with Gasteiger partial charge in [-0.25, -0.2) is 0 Å². The molecule has 0 radical (unpaired) electrons. The summed E-state index contributed by atoms with van der Waals surface area (Å²) in [6.07, 6.45) is 4.19. The zero-order chi connectivity index (χ0) is 13.8. The van der Waals surface area contributed by atoms with Gasteiger partial charge < -0.3 is 15.3 Å². The fourth-order valence-corrected chi connectivity index (χ4v) is 2.16. The molecule has 1 aromatic rings. The van der Waals surface area contributed by atoms with Crippen molar-refractivity contribution in [3.05, 3.63) is 24.0 Å². The van der Waals surface area contributed by atoms with Gasteiger partial charge in [-0.1, -0.05) is 0 Å². The van der Waals surface area contributed by atoms with E-state index in [9.17, 15) is 14.7 Å². The summed E-state index contributed by atoms with van der Waals surface area (Å²) in [6.45, 7) is 2.88. The fourth-order valence-electron chi connectivity index (χ4n) is 2.16. The highest BCUT2D eigenvalue weighted by atomic mass is 16.3. The van der Waals surface area contributed by atoms with Crippen LogP contribution in [0.4, 0.5) is 0 Å². The molecule has 6 nitrogen and oxygen atoms in total. The molecule has 2 heterocycles. The number of likely N-dealkylation sites (tertiary alicyclic amines) is 1. The van der Waals surface area contributed by atoms with Crippen LogP contribution in [0.3, 0.4) is 0 Å². The first-order valence-electron chi connectivity index (χ1n) is 6.26. The monoisotopic (exact) mass is 263 g/mol. The molecule has 0 unspecified atom stereocenters. The lowest BCUT2D eigenvalue weighted by Gasteiger charge is -2.31. The number of rotatable bonds is 2. The first kappa shape index (κ1) is 13.3. The van der Waals surface area contributed by atoms with E-state index in [4.69, 9.17) is 0 Å². The first-order valence-corrected chi connectivity index (χ1v) is 6.26. The summed E-state index contributed by atoms with van der Waals surface area (Å²) in [4.78, 5) is 28.7. The van der Waals surface area contributed by atoms with Crippen molar-refractivity contribution in [2.24, 2.45) is 0 Å². The van der Waals surface area contributed by atoms with Gasteiger partial charge in [-0.3, -0.25) is 14.6 Å². The van der Waals surface area contributed by atoms with Gasteiger partial charge in [-0.15, -0.1) is 0 Å². The van der Waals surface area contributed by atoms with Gasteiger partial charge in [0, 0.05) is 32.3 Å². The van der Waals surface area contributed by atoms with Crippen LogP contribution in [-0.2, 0) is 4.79 Å². The lowest BCUT2D eigenvalue weighted by atomic mass is 10.0. The summed E-state index contributed by atoms with van der Waals surface area (Å²) in [5.74, 6) is -0.203. The molecule has 0 spiro atoms. The summed E-state index contributed by atoms with van der Waals surface area (Å²) in [7, 11) is 0. The average Bonchev–Trinajstić information content (AvgIpc) is 2.39. The molecule has 0 aliphatic carbocycles. The largest absolute Gasteiger partial charge is 0.506 e. The van der Waals surface area contributed by atoms with E-state index in [-0.39, 0.29) is 23.6 Å². The molecule has 1 aliphatic rings. The molecule has 0 saturated carbocycles. The second kappa shape index (κ2) is 5.69. The highest BCUT2D eigenvalue weighted by Crippen LogP contribution is 2.13. The van der Waals surface area contributed by atoms with Crippen LogP contribution in [0.5, 0.6) is 5.75 Å². The van der Waals surface area contributed by atoms with E-state index in [1.165, 1.54) is 18.5 Å². The molecule has 0 atom stereocenters. The van der Waals surface area contributed by atoms with Crippen molar-refractivity contribution in [1.29, 1.82) is 0 Å². The van der Waals surface area contributed by atoms with E-state index < -0.39 is 0 Å². The van der Waals surface area contributed by atoms with Crippen LogP contribution in [0.15, 0.2) is 18.5 Å². The number of carbonyl (C=O) groups is 2. The van der Waals surface area contributed by atoms with Gasteiger partial charge in [-0.2, -0.15) is 0 Å². The molecule has 0 aromatic carbocycles. The third-order valence-electron chi connectivity index (χ3n) is 3.26. The Labute approximate surface area is 111 Å². The predicted molar refractivity (Wildman–Crippen MR) is 68.6 cm³/mol. The van der Waals surface area contributed by atoms with Crippen LogP contribution < -0.4 is 5.32 Å². The molecular weight excluding hydrogens is 246 g/mol. The van der Waals surface area contributed by atoms with E-state index in [1.54, 1.807) is 11.8 Å². The van der Waals surface area contributed by atoms with Crippen LogP contribution in [-0.4, -0.2) is 45.9 Å². The Hall–Kier alpha value is -2.11. The van der Waals surface area contributed by atoms with Crippen molar-refractivity contribution in [2.75, 3.05) is 13.1 Å². The lowest BCUT2D eigenvalue weighted by molar-refractivity contribution is -0.129. The number of piperidine rings is 1. The molecule has 2 N–H and O–H groups in total. The van der Waals surface area contributed by atoms with E-state index in [0.717, 1.165) is 12.8 Å². The van der Waals surface area contributed by atoms with E-state index >= 15 is 0 Å². The smallest absolute Gasteiger partial charge is 0.253 e. The second-order valence-corrected chi connectivity index (χ2v) is 4.69. The number of pyridine rings is 1. The van der Waals surface area contributed by atoms with Crippen molar-refractivity contribution < 1.29 is 14.7 Å². The molecule has 1 aromatic heterocycles. The van der Waals surface area contributed by atoms with Gasteiger partial charge in [0.1, 0.15) is 5.75 Å². The normalized spacial score (nSPS) is 16.2. The van der Waals surface area contributed by atoms with Gasteiger partial charge in [0.05, 0.1) is 11.8 Å². The highest BCUT2D eigenvalue weighted by Gasteiger charge is 2.22. The number of hydrogen-bond acceptors (Lipinski definition) is 4. The van der Waals surface area contributed by atoms with Crippen molar-refractivity contribution >= 4 is 11.8 Å². The predicted octanol–water partition coefficient (Wildman–Crippen LogP) is 0.528. The Morgan fingerprint density at radius 3 is 2.63 bits per heavy atom. The molecule has 19 heavy (non-hydrogen) atoms. The van der Waals surface area contributed by atoms with Crippen molar-refractivity contribution in [2.45, 2.75) is 25.8 Å². The third-order valence-corrected chi connectivity index (χ3v) is 3.26. The Morgan fingerprint density at radius 2 is 2.05 bits per heavy atom. The molecule has 2 amide bonds. The SMILES string of the molecule is CC(=O)N1CCC(NC(=O)c2cncc(O)c2)CC1. The summed E-state index contributed by atoms with van der Waals surface area (Å²) in [5.41, 5.74) is 0.342. The topological polar surface area (TPSA) is 82.5 Å². The standard InChI is InChI=1S/C13H17N3O3/c1-9(17)16-4-2-11(3-5-16)15-13(19)10-6-12(18)8-14-7-10/h6-8,11,18H,2-5H2,1H3,(H,15,19). The summed E-state index contributed by atoms with van der Waals surface area (Å²) < 4.78 is 0. The number of nitrogens with one attached hydrogen (secondary N) is 1. The Bertz CT molecular complexity index is 482. The van der Waals surface area contributed by atoms with Crippen molar-refractivity contribution in [3.8, 4) is 5.75 Å². The minimum atomic E-state index is -0.246. The summed E-state index contributed by atoms with van der Waals surface area (Å²) in [6, 6.07) is 1.44. The maximum atomic E-state index is 11.9. The number of amides is 2.